The highest BCUT2D eigenvalue weighted by Gasteiger charge is 2.27. The fourth-order valence-electron chi connectivity index (χ4n) is 4.66. The number of sulfonamides is 1. The van der Waals surface area contributed by atoms with Crippen LogP contribution in [0, 0.1) is 18.8 Å². The topological polar surface area (TPSA) is 69.7 Å². The zero-order valence-electron chi connectivity index (χ0n) is 18.0. The molecule has 2 atom stereocenters. The molecule has 0 radical (unpaired) electrons. The number of carbonyl (C=O) groups is 1. The van der Waals surface area contributed by atoms with Crippen LogP contribution in [0.15, 0.2) is 18.2 Å². The molecule has 1 N–H and O–H groups in total. The van der Waals surface area contributed by atoms with Gasteiger partial charge in [-0.05, 0) is 68.7 Å². The van der Waals surface area contributed by atoms with Crippen molar-refractivity contribution in [2.45, 2.75) is 46.5 Å². The minimum atomic E-state index is -3.29. The van der Waals surface area contributed by atoms with Crippen molar-refractivity contribution in [2.75, 3.05) is 42.8 Å². The van der Waals surface area contributed by atoms with Gasteiger partial charge in [0.15, 0.2) is 0 Å². The second-order valence-electron chi connectivity index (χ2n) is 8.91. The molecule has 2 aliphatic rings. The smallest absolute Gasteiger partial charge is 0.251 e. The molecule has 2 unspecified atom stereocenters. The fraction of sp³-hybridized carbons (Fsp3) is 0.682. The van der Waals surface area contributed by atoms with E-state index in [0.717, 1.165) is 49.9 Å². The van der Waals surface area contributed by atoms with Gasteiger partial charge in [0.05, 0.1) is 11.4 Å². The van der Waals surface area contributed by atoms with Crippen molar-refractivity contribution in [2.24, 2.45) is 11.8 Å². The molecular formula is C22H35N3O3S. The fourth-order valence-corrected chi connectivity index (χ4v) is 6.35. The molecule has 1 aromatic rings. The van der Waals surface area contributed by atoms with Crippen molar-refractivity contribution in [3.05, 3.63) is 29.3 Å². The van der Waals surface area contributed by atoms with Crippen molar-refractivity contribution in [1.82, 2.24) is 10.2 Å². The summed E-state index contributed by atoms with van der Waals surface area (Å²) < 4.78 is 26.4. The van der Waals surface area contributed by atoms with Gasteiger partial charge in [0.25, 0.3) is 5.91 Å². The van der Waals surface area contributed by atoms with Gasteiger partial charge >= 0.3 is 0 Å². The lowest BCUT2D eigenvalue weighted by Crippen LogP contribution is -2.40. The first-order chi connectivity index (χ1) is 13.8. The summed E-state index contributed by atoms with van der Waals surface area (Å²) in [6, 6.07) is 5.34. The van der Waals surface area contributed by atoms with Crippen LogP contribution in [-0.4, -0.2) is 57.7 Å². The number of hydrogen-bond acceptors (Lipinski definition) is 4. The molecule has 0 aromatic heterocycles. The van der Waals surface area contributed by atoms with E-state index in [1.807, 2.05) is 13.0 Å². The van der Waals surface area contributed by atoms with Gasteiger partial charge in [-0.2, -0.15) is 0 Å². The Morgan fingerprint density at radius 1 is 1.17 bits per heavy atom. The summed E-state index contributed by atoms with van der Waals surface area (Å²) in [4.78, 5) is 15.1. The molecule has 6 nitrogen and oxygen atoms in total. The SMILES string of the molecule is Cc1ccc(C(=O)NCCCN2CC(C)CC(C)C2)cc1N1CCCCS1(=O)=O. The van der Waals surface area contributed by atoms with E-state index in [4.69, 9.17) is 0 Å². The molecule has 0 spiro atoms. The van der Waals surface area contributed by atoms with E-state index in [1.54, 1.807) is 12.1 Å². The van der Waals surface area contributed by atoms with Crippen LogP contribution in [0.5, 0.6) is 0 Å². The molecule has 1 aromatic carbocycles. The number of carbonyl (C=O) groups excluding carboxylic acids is 1. The molecule has 162 valence electrons. The number of aryl methyl sites for hydroxylation is 1. The molecule has 2 fully saturated rings. The van der Waals surface area contributed by atoms with Gasteiger partial charge in [0.2, 0.25) is 10.0 Å². The second-order valence-corrected chi connectivity index (χ2v) is 10.9. The van der Waals surface area contributed by atoms with Gasteiger partial charge in [0.1, 0.15) is 0 Å². The first-order valence-electron chi connectivity index (χ1n) is 10.9. The molecule has 0 aliphatic carbocycles. The quantitative estimate of drug-likeness (QED) is 0.717. The van der Waals surface area contributed by atoms with Crippen molar-refractivity contribution in [1.29, 1.82) is 0 Å². The molecule has 29 heavy (non-hydrogen) atoms. The van der Waals surface area contributed by atoms with E-state index in [2.05, 4.69) is 24.1 Å². The van der Waals surface area contributed by atoms with Crippen LogP contribution in [-0.2, 0) is 10.0 Å². The van der Waals surface area contributed by atoms with E-state index in [1.165, 1.54) is 10.7 Å². The Balaban J connectivity index is 1.56. The summed E-state index contributed by atoms with van der Waals surface area (Å²) in [5.74, 6) is 1.52. The average Bonchev–Trinajstić information content (AvgIpc) is 2.65. The Morgan fingerprint density at radius 3 is 2.59 bits per heavy atom. The predicted molar refractivity (Wildman–Crippen MR) is 118 cm³/mol. The number of benzene rings is 1. The summed E-state index contributed by atoms with van der Waals surface area (Å²) in [5, 5.41) is 3.00. The number of rotatable bonds is 6. The van der Waals surface area contributed by atoms with E-state index < -0.39 is 10.0 Å². The highest BCUT2D eigenvalue weighted by molar-refractivity contribution is 7.92. The maximum Gasteiger partial charge on any atom is 0.251 e. The van der Waals surface area contributed by atoms with Crippen LogP contribution in [0.25, 0.3) is 0 Å². The van der Waals surface area contributed by atoms with Gasteiger partial charge in [-0.3, -0.25) is 9.10 Å². The zero-order chi connectivity index (χ0) is 21.0. The lowest BCUT2D eigenvalue weighted by Gasteiger charge is -2.34. The summed E-state index contributed by atoms with van der Waals surface area (Å²) in [5.41, 5.74) is 2.03. The largest absolute Gasteiger partial charge is 0.352 e. The molecule has 2 heterocycles. The van der Waals surface area contributed by atoms with Crippen LogP contribution in [0.1, 0.15) is 55.5 Å². The lowest BCUT2D eigenvalue weighted by atomic mass is 9.92. The van der Waals surface area contributed by atoms with E-state index in [9.17, 15) is 13.2 Å². The van der Waals surface area contributed by atoms with Crippen LogP contribution < -0.4 is 9.62 Å². The molecule has 3 rings (SSSR count). The van der Waals surface area contributed by atoms with Crippen molar-refractivity contribution in [3.8, 4) is 0 Å². The highest BCUT2D eigenvalue weighted by Crippen LogP contribution is 2.28. The first kappa shape index (κ1) is 22.1. The van der Waals surface area contributed by atoms with E-state index in [-0.39, 0.29) is 11.7 Å². The summed E-state index contributed by atoms with van der Waals surface area (Å²) in [7, 11) is -3.29. The third-order valence-corrected chi connectivity index (χ3v) is 7.83. The monoisotopic (exact) mass is 421 g/mol. The minimum absolute atomic E-state index is 0.138. The van der Waals surface area contributed by atoms with Crippen LogP contribution in [0.3, 0.4) is 0 Å². The highest BCUT2D eigenvalue weighted by atomic mass is 32.2. The second kappa shape index (κ2) is 9.47. The van der Waals surface area contributed by atoms with Crippen LogP contribution in [0.4, 0.5) is 5.69 Å². The molecule has 0 saturated carbocycles. The van der Waals surface area contributed by atoms with Gasteiger partial charge in [-0.15, -0.1) is 0 Å². The number of hydrogen-bond donors (Lipinski definition) is 1. The third-order valence-electron chi connectivity index (χ3n) is 5.97. The number of anilines is 1. The minimum Gasteiger partial charge on any atom is -0.352 e. The van der Waals surface area contributed by atoms with Gasteiger partial charge < -0.3 is 10.2 Å². The summed E-state index contributed by atoms with van der Waals surface area (Å²) >= 11 is 0. The number of nitrogens with zero attached hydrogens (tertiary/aromatic N) is 2. The third kappa shape index (κ3) is 5.72. The number of likely N-dealkylation sites (tertiary alicyclic amines) is 1. The summed E-state index contributed by atoms with van der Waals surface area (Å²) in [6.45, 7) is 10.9. The van der Waals surface area contributed by atoms with Gasteiger partial charge in [-0.25, -0.2) is 8.42 Å². The molecule has 2 saturated heterocycles. The molecular weight excluding hydrogens is 386 g/mol. The number of piperidine rings is 1. The molecule has 1 amide bonds. The Labute approximate surface area is 175 Å². The van der Waals surface area contributed by atoms with Gasteiger partial charge in [0, 0.05) is 31.7 Å². The first-order valence-corrected chi connectivity index (χ1v) is 12.5. The van der Waals surface area contributed by atoms with E-state index in [0.29, 0.717) is 30.8 Å². The zero-order valence-corrected chi connectivity index (χ0v) is 18.8. The van der Waals surface area contributed by atoms with Crippen molar-refractivity contribution < 1.29 is 13.2 Å². The number of nitrogens with one attached hydrogen (secondary N) is 1. The molecule has 2 aliphatic heterocycles. The van der Waals surface area contributed by atoms with Gasteiger partial charge in [-0.1, -0.05) is 19.9 Å². The Kier molecular flexibility index (Phi) is 7.22. The Hall–Kier alpha value is -1.60. The number of amides is 1. The van der Waals surface area contributed by atoms with Crippen molar-refractivity contribution in [3.63, 3.8) is 0 Å². The summed E-state index contributed by atoms with van der Waals surface area (Å²) in [6.07, 6.45) is 3.77. The normalized spacial score (nSPS) is 25.0. The predicted octanol–water partition coefficient (Wildman–Crippen LogP) is 3.02. The maximum atomic E-state index is 12.6. The van der Waals surface area contributed by atoms with Crippen LogP contribution >= 0.6 is 0 Å². The van der Waals surface area contributed by atoms with Crippen LogP contribution in [0.2, 0.25) is 0 Å². The Morgan fingerprint density at radius 2 is 1.90 bits per heavy atom. The molecule has 0 bridgehead atoms. The standard InChI is InChI=1S/C22H35N3O3S/c1-17-13-18(2)16-24(15-17)10-6-9-23-22(26)20-8-7-19(3)21(14-20)25-11-4-5-12-29(25,27)28/h7-8,14,17-18H,4-6,9-13,15-16H2,1-3H3,(H,23,26). The molecule has 7 heteroatoms. The van der Waals surface area contributed by atoms with E-state index >= 15 is 0 Å². The lowest BCUT2D eigenvalue weighted by molar-refractivity contribution is 0.0947. The average molecular weight is 422 g/mol. The Bertz CT molecular complexity index is 815. The maximum absolute atomic E-state index is 12.6. The van der Waals surface area contributed by atoms with Crippen molar-refractivity contribution >= 4 is 21.6 Å².